The first-order valence-corrected chi connectivity index (χ1v) is 19.7. The van der Waals surface area contributed by atoms with Gasteiger partial charge in [0.2, 0.25) is 0 Å². The lowest BCUT2D eigenvalue weighted by Gasteiger charge is -2.18. The molecule has 14 nitrogen and oxygen atoms in total. The average molecular weight is 737 g/mol. The number of nitro groups is 1. The number of ether oxygens (including phenoxy) is 2. The number of unbranched alkanes of at least 4 members (excludes halogenated alkanes) is 2. The fourth-order valence-electron chi connectivity index (χ4n) is 4.45. The predicted octanol–water partition coefficient (Wildman–Crippen LogP) is 5.61. The summed E-state index contributed by atoms with van der Waals surface area (Å²) in [6, 6.07) is 3.98. The van der Waals surface area contributed by atoms with Crippen molar-refractivity contribution < 1.29 is 41.4 Å². The zero-order chi connectivity index (χ0) is 37.2. The van der Waals surface area contributed by atoms with Gasteiger partial charge in [-0.2, -0.15) is 20.2 Å². The summed E-state index contributed by atoms with van der Waals surface area (Å²) in [4.78, 5) is 36.1. The predicted molar refractivity (Wildman–Crippen MR) is 193 cm³/mol. The van der Waals surface area contributed by atoms with Crippen LogP contribution in [0.2, 0.25) is 0 Å². The van der Waals surface area contributed by atoms with Gasteiger partial charge >= 0.3 is 11.9 Å². The SMILES string of the molecule is CCCCC(CC)COC(=O)CC(C(=O)OCC(CC)CCCC)S(=O)(=O)O.CNC(=C[N+](=O)[O-])NCCSCc1ccc(CN(C)C)o1. The van der Waals surface area contributed by atoms with E-state index < -0.39 is 38.7 Å². The molecule has 3 atom stereocenters. The molecule has 0 aromatic carbocycles. The molecule has 0 saturated carbocycles. The first-order valence-electron chi connectivity index (χ1n) is 17.1. The molecule has 284 valence electrons. The Morgan fingerprint density at radius 1 is 1.04 bits per heavy atom. The van der Waals surface area contributed by atoms with Gasteiger partial charge in [0.05, 0.1) is 36.9 Å². The molecular weight excluding hydrogens is 677 g/mol. The van der Waals surface area contributed by atoms with Gasteiger partial charge < -0.3 is 29.4 Å². The van der Waals surface area contributed by atoms with Gasteiger partial charge in [-0.05, 0) is 50.9 Å². The van der Waals surface area contributed by atoms with Crippen molar-refractivity contribution in [3.05, 3.63) is 45.8 Å². The van der Waals surface area contributed by atoms with Crippen molar-refractivity contribution in [2.75, 3.05) is 46.7 Å². The summed E-state index contributed by atoms with van der Waals surface area (Å²) in [6.45, 7) is 9.79. The van der Waals surface area contributed by atoms with Gasteiger partial charge in [0.15, 0.2) is 11.1 Å². The second-order valence-corrected chi connectivity index (χ2v) is 14.7. The van der Waals surface area contributed by atoms with E-state index >= 15 is 0 Å². The fraction of sp³-hybridized carbons (Fsp3) is 0.758. The summed E-state index contributed by atoms with van der Waals surface area (Å²) in [5.74, 6) is 2.34. The normalized spacial score (nSPS) is 13.5. The van der Waals surface area contributed by atoms with E-state index in [1.165, 1.54) is 0 Å². The third kappa shape index (κ3) is 23.3. The van der Waals surface area contributed by atoms with Gasteiger partial charge in [-0.3, -0.25) is 24.3 Å². The number of furan rings is 1. The van der Waals surface area contributed by atoms with Crippen molar-refractivity contribution in [2.45, 2.75) is 103 Å². The zero-order valence-electron chi connectivity index (χ0n) is 30.4. The molecule has 1 heterocycles. The molecule has 0 radical (unpaired) electrons. The smallest absolute Gasteiger partial charge is 0.327 e. The number of rotatable bonds is 26. The summed E-state index contributed by atoms with van der Waals surface area (Å²) >= 11 is 1.72. The highest BCUT2D eigenvalue weighted by Crippen LogP contribution is 2.18. The van der Waals surface area contributed by atoms with E-state index in [1.54, 1.807) is 18.8 Å². The zero-order valence-corrected chi connectivity index (χ0v) is 32.0. The molecule has 0 aliphatic heterocycles. The molecule has 0 spiro atoms. The molecular formula is C33H60N4O10S2. The minimum Gasteiger partial charge on any atom is -0.465 e. The van der Waals surface area contributed by atoms with Crippen molar-refractivity contribution in [1.29, 1.82) is 0 Å². The lowest BCUT2D eigenvalue weighted by molar-refractivity contribution is -0.404. The molecule has 1 aromatic rings. The van der Waals surface area contributed by atoms with Crippen LogP contribution in [0.4, 0.5) is 0 Å². The van der Waals surface area contributed by atoms with Crippen LogP contribution < -0.4 is 10.6 Å². The number of thioether (sulfide) groups is 1. The fourth-order valence-corrected chi connectivity index (χ4v) is 5.86. The minimum atomic E-state index is -4.76. The molecule has 0 fully saturated rings. The Balaban J connectivity index is 0.000000977. The summed E-state index contributed by atoms with van der Waals surface area (Å²) in [6.07, 6.45) is 7.66. The van der Waals surface area contributed by atoms with Crippen LogP contribution in [0.25, 0.3) is 0 Å². The van der Waals surface area contributed by atoms with E-state index in [4.69, 9.17) is 13.9 Å². The van der Waals surface area contributed by atoms with Crippen LogP contribution in [0, 0.1) is 22.0 Å². The summed E-state index contributed by atoms with van der Waals surface area (Å²) in [5.41, 5.74) is 0. The molecule has 0 saturated heterocycles. The third-order valence-electron chi connectivity index (χ3n) is 7.50. The second-order valence-electron chi connectivity index (χ2n) is 12.0. The van der Waals surface area contributed by atoms with E-state index in [9.17, 15) is 32.7 Å². The van der Waals surface area contributed by atoms with Crippen LogP contribution in [0.3, 0.4) is 0 Å². The molecule has 1 aromatic heterocycles. The Kier molecular flexibility index (Phi) is 25.4. The molecule has 0 aliphatic rings. The maximum Gasteiger partial charge on any atom is 0.327 e. The highest BCUT2D eigenvalue weighted by Gasteiger charge is 2.36. The Labute approximate surface area is 297 Å². The maximum atomic E-state index is 12.2. The molecule has 3 unspecified atom stereocenters. The van der Waals surface area contributed by atoms with Crippen molar-refractivity contribution in [3.8, 4) is 0 Å². The molecule has 1 rings (SSSR count). The topological polar surface area (TPSA) is 191 Å². The van der Waals surface area contributed by atoms with Gasteiger partial charge in [-0.25, -0.2) is 0 Å². The monoisotopic (exact) mass is 736 g/mol. The van der Waals surface area contributed by atoms with Crippen LogP contribution >= 0.6 is 11.8 Å². The molecule has 3 N–H and O–H groups in total. The second kappa shape index (κ2) is 27.0. The van der Waals surface area contributed by atoms with Gasteiger partial charge in [-0.1, -0.05) is 66.2 Å². The number of carbonyl (C=O) groups excluding carboxylic acids is 2. The standard InChI is InChI=1S/C20H38O7S.C13H22N4O3S/c1-5-9-11-16(7-3)14-26-19(21)13-18(28(23,24)25)20(22)27-15-17(8-4)12-10-6-2;1-14-13(9-17(18)19)15-6-7-21-10-12-5-4-11(20-12)8-16(2)3/h16-18H,5-15H2,1-4H3,(H,23,24,25);4-5,9,14-15H,6-8,10H2,1-3H3. The Morgan fingerprint density at radius 3 is 2.10 bits per heavy atom. The summed E-state index contributed by atoms with van der Waals surface area (Å²) in [5, 5.41) is 14.1. The largest absolute Gasteiger partial charge is 0.465 e. The number of esters is 2. The lowest BCUT2D eigenvalue weighted by atomic mass is 10.0. The van der Waals surface area contributed by atoms with Crippen LogP contribution in [0.5, 0.6) is 0 Å². The van der Waals surface area contributed by atoms with Gasteiger partial charge in [0.1, 0.15) is 11.5 Å². The number of nitrogens with one attached hydrogen (secondary N) is 2. The maximum absolute atomic E-state index is 12.2. The highest BCUT2D eigenvalue weighted by molar-refractivity contribution is 7.98. The number of hydrogen-bond acceptors (Lipinski definition) is 13. The summed E-state index contributed by atoms with van der Waals surface area (Å²) in [7, 11) is 0.880. The van der Waals surface area contributed by atoms with E-state index in [1.807, 2.05) is 40.1 Å². The van der Waals surface area contributed by atoms with E-state index in [2.05, 4.69) is 29.4 Å². The number of nitrogens with zero attached hydrogens (tertiary/aromatic N) is 2. The molecule has 0 bridgehead atoms. The van der Waals surface area contributed by atoms with E-state index in [-0.39, 0.29) is 25.0 Å². The highest BCUT2D eigenvalue weighted by atomic mass is 32.2. The first kappa shape index (κ1) is 46.2. The average Bonchev–Trinajstić information content (AvgIpc) is 3.48. The van der Waals surface area contributed by atoms with Crippen molar-refractivity contribution >= 4 is 33.8 Å². The van der Waals surface area contributed by atoms with Crippen LogP contribution in [0.1, 0.15) is 97.0 Å². The third-order valence-corrected chi connectivity index (χ3v) is 9.56. The van der Waals surface area contributed by atoms with Gasteiger partial charge in [0, 0.05) is 19.3 Å². The van der Waals surface area contributed by atoms with E-state index in [0.717, 1.165) is 87.1 Å². The Morgan fingerprint density at radius 2 is 1.61 bits per heavy atom. The quantitative estimate of drug-likeness (QED) is 0.0350. The lowest BCUT2D eigenvalue weighted by Crippen LogP contribution is -2.35. The summed E-state index contributed by atoms with van der Waals surface area (Å²) < 4.78 is 48.5. The Bertz CT molecular complexity index is 1210. The van der Waals surface area contributed by atoms with Gasteiger partial charge in [0.25, 0.3) is 16.3 Å². The van der Waals surface area contributed by atoms with Crippen LogP contribution in [-0.4, -0.2) is 86.6 Å². The number of carbonyl (C=O) groups is 2. The van der Waals surface area contributed by atoms with Crippen molar-refractivity contribution in [3.63, 3.8) is 0 Å². The molecule has 49 heavy (non-hydrogen) atoms. The molecule has 0 aliphatic carbocycles. The van der Waals surface area contributed by atoms with Crippen LogP contribution in [0.15, 0.2) is 28.6 Å². The Hall–Kier alpha value is -2.82. The minimum absolute atomic E-state index is 0.0747. The van der Waals surface area contributed by atoms with Crippen LogP contribution in [-0.2, 0) is 41.5 Å². The molecule has 0 amide bonds. The molecule has 16 heteroatoms. The first-order chi connectivity index (χ1) is 23.2. The van der Waals surface area contributed by atoms with Crippen molar-refractivity contribution in [2.24, 2.45) is 11.8 Å². The van der Waals surface area contributed by atoms with E-state index in [0.29, 0.717) is 12.4 Å². The number of hydrogen-bond donors (Lipinski definition) is 3. The van der Waals surface area contributed by atoms with Crippen molar-refractivity contribution in [1.82, 2.24) is 15.5 Å². The van der Waals surface area contributed by atoms with Gasteiger partial charge in [-0.15, -0.1) is 0 Å².